The van der Waals surface area contributed by atoms with Crippen molar-refractivity contribution >= 4 is 21.4 Å². The summed E-state index contributed by atoms with van der Waals surface area (Å²) in [6.07, 6.45) is 4.50. The minimum absolute atomic E-state index is 0.225. The van der Waals surface area contributed by atoms with Gasteiger partial charge >= 0.3 is 0 Å². The van der Waals surface area contributed by atoms with Crippen LogP contribution in [0.1, 0.15) is 15.9 Å². The zero-order chi connectivity index (χ0) is 14.0. The molecule has 5 nitrogen and oxygen atoms in total. The van der Waals surface area contributed by atoms with Crippen molar-refractivity contribution in [3.05, 3.63) is 47.8 Å². The van der Waals surface area contributed by atoms with Crippen molar-refractivity contribution in [1.82, 2.24) is 4.98 Å². The average Bonchev–Trinajstić information content (AvgIpc) is 2.75. The van der Waals surface area contributed by atoms with Gasteiger partial charge in [0.2, 0.25) is 0 Å². The first kappa shape index (κ1) is 13.4. The summed E-state index contributed by atoms with van der Waals surface area (Å²) in [7, 11) is -3.22. The highest BCUT2D eigenvalue weighted by Crippen LogP contribution is 2.15. The molecule has 0 spiro atoms. The molecule has 0 unspecified atom stereocenters. The fourth-order valence-electron chi connectivity index (χ4n) is 1.67. The first-order valence-electron chi connectivity index (χ1n) is 5.63. The molecule has 0 aliphatic carbocycles. The van der Waals surface area contributed by atoms with Gasteiger partial charge in [0.05, 0.1) is 10.5 Å². The van der Waals surface area contributed by atoms with E-state index < -0.39 is 9.84 Å². The van der Waals surface area contributed by atoms with Crippen LogP contribution in [-0.4, -0.2) is 25.6 Å². The molecule has 0 bridgehead atoms. The zero-order valence-corrected chi connectivity index (χ0v) is 11.4. The number of benzene rings is 1. The summed E-state index contributed by atoms with van der Waals surface area (Å²) < 4.78 is 22.6. The Balaban J connectivity index is 2.17. The maximum Gasteiger partial charge on any atom is 0.257 e. The number of rotatable bonds is 3. The maximum absolute atomic E-state index is 11.9. The first-order valence-corrected chi connectivity index (χ1v) is 7.52. The van der Waals surface area contributed by atoms with E-state index in [1.54, 1.807) is 24.5 Å². The Bertz CT molecular complexity index is 700. The van der Waals surface area contributed by atoms with E-state index in [2.05, 4.69) is 10.3 Å². The number of nitrogens with one attached hydrogen (secondary N) is 2. The van der Waals surface area contributed by atoms with Gasteiger partial charge in [-0.05, 0) is 36.8 Å². The van der Waals surface area contributed by atoms with Crippen LogP contribution < -0.4 is 5.32 Å². The molecule has 2 rings (SSSR count). The fourth-order valence-corrected chi connectivity index (χ4v) is 2.30. The summed E-state index contributed by atoms with van der Waals surface area (Å²) in [5.74, 6) is -0.231. The lowest BCUT2D eigenvalue weighted by molar-refractivity contribution is 0.102. The Kier molecular flexibility index (Phi) is 3.44. The Morgan fingerprint density at radius 3 is 2.26 bits per heavy atom. The Morgan fingerprint density at radius 1 is 1.16 bits per heavy atom. The normalized spacial score (nSPS) is 11.3. The third-order valence-electron chi connectivity index (χ3n) is 2.74. The maximum atomic E-state index is 11.9. The van der Waals surface area contributed by atoms with Crippen LogP contribution in [0.3, 0.4) is 0 Å². The molecule has 0 fully saturated rings. The van der Waals surface area contributed by atoms with E-state index in [4.69, 9.17) is 0 Å². The number of amides is 1. The molecular formula is C13H14N2O3S. The molecule has 6 heteroatoms. The quantitative estimate of drug-likeness (QED) is 0.901. The largest absolute Gasteiger partial charge is 0.367 e. The lowest BCUT2D eigenvalue weighted by atomic mass is 10.2. The number of anilines is 1. The molecule has 0 atom stereocenters. The Hall–Kier alpha value is -2.08. The van der Waals surface area contributed by atoms with Crippen LogP contribution in [0.25, 0.3) is 0 Å². The molecule has 19 heavy (non-hydrogen) atoms. The third kappa shape index (κ3) is 3.03. The van der Waals surface area contributed by atoms with Crippen LogP contribution >= 0.6 is 0 Å². The highest BCUT2D eigenvalue weighted by atomic mass is 32.2. The van der Waals surface area contributed by atoms with Gasteiger partial charge in [0.15, 0.2) is 9.84 Å². The predicted molar refractivity (Wildman–Crippen MR) is 73.0 cm³/mol. The summed E-state index contributed by atoms with van der Waals surface area (Å²) in [4.78, 5) is 15.0. The third-order valence-corrected chi connectivity index (χ3v) is 3.87. The van der Waals surface area contributed by atoms with Crippen LogP contribution in [0.2, 0.25) is 0 Å². The lowest BCUT2D eigenvalue weighted by Gasteiger charge is -2.05. The topological polar surface area (TPSA) is 79.0 Å². The lowest BCUT2D eigenvalue weighted by Crippen LogP contribution is -2.12. The molecule has 1 amide bonds. The molecule has 1 aromatic heterocycles. The van der Waals surface area contributed by atoms with Gasteiger partial charge in [-0.25, -0.2) is 8.42 Å². The van der Waals surface area contributed by atoms with Gasteiger partial charge in [0, 0.05) is 24.3 Å². The number of aryl methyl sites for hydroxylation is 1. The summed E-state index contributed by atoms with van der Waals surface area (Å²) in [5, 5.41) is 2.71. The van der Waals surface area contributed by atoms with Crippen LogP contribution in [-0.2, 0) is 9.84 Å². The van der Waals surface area contributed by atoms with Gasteiger partial charge < -0.3 is 10.3 Å². The summed E-state index contributed by atoms with van der Waals surface area (Å²) in [6, 6.07) is 6.07. The molecular weight excluding hydrogens is 264 g/mol. The molecule has 0 radical (unpaired) electrons. The minimum atomic E-state index is -3.22. The van der Waals surface area contributed by atoms with E-state index in [1.807, 2.05) is 6.92 Å². The molecule has 100 valence electrons. The van der Waals surface area contributed by atoms with Gasteiger partial charge in [0.25, 0.3) is 5.91 Å². The first-order chi connectivity index (χ1) is 8.88. The highest BCUT2D eigenvalue weighted by Gasteiger charge is 2.11. The van der Waals surface area contributed by atoms with E-state index in [1.165, 1.54) is 12.1 Å². The number of aromatic amines is 1. The molecule has 1 heterocycles. The van der Waals surface area contributed by atoms with Crippen LogP contribution in [0.4, 0.5) is 5.69 Å². The molecule has 0 aliphatic rings. The van der Waals surface area contributed by atoms with Crippen molar-refractivity contribution in [2.75, 3.05) is 11.6 Å². The van der Waals surface area contributed by atoms with Crippen molar-refractivity contribution in [1.29, 1.82) is 0 Å². The van der Waals surface area contributed by atoms with Gasteiger partial charge in [0.1, 0.15) is 0 Å². The zero-order valence-electron chi connectivity index (χ0n) is 10.6. The second kappa shape index (κ2) is 4.89. The van der Waals surface area contributed by atoms with E-state index in [9.17, 15) is 13.2 Å². The number of H-pyrrole nitrogens is 1. The van der Waals surface area contributed by atoms with Crippen molar-refractivity contribution in [3.8, 4) is 0 Å². The van der Waals surface area contributed by atoms with Crippen molar-refractivity contribution in [2.24, 2.45) is 0 Å². The molecule has 2 aromatic rings. The predicted octanol–water partition coefficient (Wildman–Crippen LogP) is 1.98. The van der Waals surface area contributed by atoms with Crippen LogP contribution in [0, 0.1) is 6.92 Å². The second-order valence-electron chi connectivity index (χ2n) is 4.30. The number of carbonyl (C=O) groups is 1. The van der Waals surface area contributed by atoms with Gasteiger partial charge in [-0.3, -0.25) is 4.79 Å². The summed E-state index contributed by atoms with van der Waals surface area (Å²) >= 11 is 0. The smallest absolute Gasteiger partial charge is 0.257 e. The summed E-state index contributed by atoms with van der Waals surface area (Å²) in [6.45, 7) is 1.83. The monoisotopic (exact) mass is 278 g/mol. The van der Waals surface area contributed by atoms with E-state index >= 15 is 0 Å². The van der Waals surface area contributed by atoms with Gasteiger partial charge in [-0.2, -0.15) is 0 Å². The van der Waals surface area contributed by atoms with Gasteiger partial charge in [-0.15, -0.1) is 0 Å². The Morgan fingerprint density at radius 2 is 1.79 bits per heavy atom. The number of hydrogen-bond acceptors (Lipinski definition) is 3. The number of sulfone groups is 1. The second-order valence-corrected chi connectivity index (χ2v) is 6.32. The molecule has 1 aromatic carbocycles. The number of hydrogen-bond donors (Lipinski definition) is 2. The van der Waals surface area contributed by atoms with E-state index in [0.29, 0.717) is 11.3 Å². The minimum Gasteiger partial charge on any atom is -0.367 e. The Labute approximate surface area is 111 Å². The van der Waals surface area contributed by atoms with E-state index in [0.717, 1.165) is 11.8 Å². The average molecular weight is 278 g/mol. The van der Waals surface area contributed by atoms with Crippen molar-refractivity contribution in [3.63, 3.8) is 0 Å². The molecule has 0 saturated heterocycles. The number of aromatic nitrogens is 1. The van der Waals surface area contributed by atoms with Crippen LogP contribution in [0.5, 0.6) is 0 Å². The standard InChI is InChI=1S/C13H14N2O3S/c1-9-7-14-8-12(9)13(16)15-10-3-5-11(6-4-10)19(2,17)18/h3-8,14H,1-2H3,(H,15,16). The van der Waals surface area contributed by atoms with Crippen molar-refractivity contribution < 1.29 is 13.2 Å². The van der Waals surface area contributed by atoms with Crippen molar-refractivity contribution in [2.45, 2.75) is 11.8 Å². The molecule has 0 aliphatic heterocycles. The highest BCUT2D eigenvalue weighted by molar-refractivity contribution is 7.90. The van der Waals surface area contributed by atoms with E-state index in [-0.39, 0.29) is 10.8 Å². The molecule has 0 saturated carbocycles. The van der Waals surface area contributed by atoms with Crippen LogP contribution in [0.15, 0.2) is 41.6 Å². The molecule has 2 N–H and O–H groups in total. The SMILES string of the molecule is Cc1c[nH]cc1C(=O)Nc1ccc(S(C)(=O)=O)cc1. The van der Waals surface area contributed by atoms with Gasteiger partial charge in [-0.1, -0.05) is 0 Å². The fraction of sp³-hybridized carbons (Fsp3) is 0.154. The number of carbonyl (C=O) groups excluding carboxylic acids is 1. The summed E-state index contributed by atoms with van der Waals surface area (Å²) in [5.41, 5.74) is 1.97.